The molecule has 2 heterocycles. The smallest absolute Gasteiger partial charge is 0.411 e. The Balaban J connectivity index is 1.64. The van der Waals surface area contributed by atoms with E-state index in [1.165, 1.54) is 18.1 Å². The van der Waals surface area contributed by atoms with Crippen molar-refractivity contribution in [1.29, 1.82) is 0 Å². The van der Waals surface area contributed by atoms with Crippen molar-refractivity contribution in [1.82, 2.24) is 4.90 Å². The van der Waals surface area contributed by atoms with Crippen LogP contribution in [0.25, 0.3) is 0 Å². The number of nitrogens with zero attached hydrogens (tertiary/aromatic N) is 2. The second-order valence-corrected chi connectivity index (χ2v) is 17.6. The molecule has 5 nitrogen and oxygen atoms in total. The minimum Gasteiger partial charge on any atom is -0.444 e. The summed E-state index contributed by atoms with van der Waals surface area (Å²) >= 11 is 0. The molecule has 220 valence electrons. The van der Waals surface area contributed by atoms with Crippen LogP contribution in [0.5, 0.6) is 0 Å². The number of likely N-dealkylation sites (tertiary alicyclic amines) is 1. The second kappa shape index (κ2) is 12.3. The van der Waals surface area contributed by atoms with Gasteiger partial charge >= 0.3 is 6.09 Å². The minimum absolute atomic E-state index is 0.0943. The molecule has 0 aromatic heterocycles. The molecule has 2 aliphatic rings. The first-order valence-corrected chi connectivity index (χ1v) is 18.3. The zero-order chi connectivity index (χ0) is 29.9. The maximum absolute atomic E-state index is 14.4. The number of para-hydroxylation sites is 1. The van der Waals surface area contributed by atoms with Crippen molar-refractivity contribution in [3.63, 3.8) is 0 Å². The van der Waals surface area contributed by atoms with Gasteiger partial charge in [0.25, 0.3) is 5.91 Å². The summed E-state index contributed by atoms with van der Waals surface area (Å²) in [4.78, 5) is 32.1. The van der Waals surface area contributed by atoms with Crippen LogP contribution in [0.3, 0.4) is 0 Å². The Morgan fingerprint density at radius 1 is 0.929 bits per heavy atom. The van der Waals surface area contributed by atoms with E-state index in [1.807, 2.05) is 82.6 Å². The van der Waals surface area contributed by atoms with Gasteiger partial charge in [-0.2, -0.15) is 0 Å². The lowest BCUT2D eigenvalue weighted by molar-refractivity contribution is 0.0771. The van der Waals surface area contributed by atoms with Gasteiger partial charge in [-0.25, -0.2) is 4.79 Å². The summed E-state index contributed by atoms with van der Waals surface area (Å²) in [5.74, 6) is 0.0406. The molecule has 3 aromatic rings. The number of hydrogen-bond acceptors (Lipinski definition) is 3. The van der Waals surface area contributed by atoms with Crippen LogP contribution in [0.15, 0.2) is 97.1 Å². The van der Waals surface area contributed by atoms with Crippen molar-refractivity contribution in [3.8, 4) is 0 Å². The standard InChI is InChI=1S/C36H44N2O3Si/c1-6-42(7-2,8-3)26-31(27(4)5)36-23-24-37(35(40)41-25-28-17-11-9-12-18-28)34(36)38(32-22-16-15-21-30(32)36)33(39)29-19-13-10-14-20-29/h9-22,31,34H,4,6-8,23-26H2,1-3,5H3/t31?,34-,36+/m1/s1. The molecule has 5 rings (SSSR count). The summed E-state index contributed by atoms with van der Waals surface area (Å²) in [6.45, 7) is 14.5. The Kier molecular flexibility index (Phi) is 8.74. The number of anilines is 1. The molecular weight excluding hydrogens is 536 g/mol. The molecule has 0 spiro atoms. The molecule has 6 heteroatoms. The third-order valence-electron chi connectivity index (χ3n) is 10.2. The van der Waals surface area contributed by atoms with Crippen molar-refractivity contribution < 1.29 is 14.3 Å². The lowest BCUT2D eigenvalue weighted by atomic mass is 9.67. The zero-order valence-electron chi connectivity index (χ0n) is 25.5. The highest BCUT2D eigenvalue weighted by Gasteiger charge is 2.64. The van der Waals surface area contributed by atoms with E-state index in [0.29, 0.717) is 12.1 Å². The lowest BCUT2D eigenvalue weighted by Gasteiger charge is -2.45. The predicted molar refractivity (Wildman–Crippen MR) is 173 cm³/mol. The second-order valence-electron chi connectivity index (χ2n) is 12.1. The zero-order valence-corrected chi connectivity index (χ0v) is 26.5. The van der Waals surface area contributed by atoms with Gasteiger partial charge in [0.15, 0.2) is 0 Å². The van der Waals surface area contributed by atoms with Crippen molar-refractivity contribution in [2.75, 3.05) is 11.4 Å². The van der Waals surface area contributed by atoms with Crippen LogP contribution in [-0.2, 0) is 16.8 Å². The van der Waals surface area contributed by atoms with E-state index in [4.69, 9.17) is 4.74 Å². The number of amides is 2. The fourth-order valence-corrected chi connectivity index (χ4v) is 11.5. The molecule has 1 fully saturated rings. The number of rotatable bonds is 10. The van der Waals surface area contributed by atoms with E-state index < -0.39 is 19.7 Å². The molecule has 1 saturated heterocycles. The molecule has 3 aromatic carbocycles. The lowest BCUT2D eigenvalue weighted by Crippen LogP contribution is -2.57. The van der Waals surface area contributed by atoms with E-state index in [-0.39, 0.29) is 24.5 Å². The molecular formula is C36H44N2O3Si. The quantitative estimate of drug-likeness (QED) is 0.178. The summed E-state index contributed by atoms with van der Waals surface area (Å²) in [6.07, 6.45) is -0.119. The number of ether oxygens (including phenoxy) is 1. The Bertz CT molecular complexity index is 1410. The van der Waals surface area contributed by atoms with Gasteiger partial charge in [-0.3, -0.25) is 14.6 Å². The van der Waals surface area contributed by atoms with E-state index in [1.54, 1.807) is 0 Å². The average Bonchev–Trinajstić information content (AvgIpc) is 3.55. The number of benzene rings is 3. The minimum atomic E-state index is -1.62. The van der Waals surface area contributed by atoms with E-state index in [9.17, 15) is 9.59 Å². The topological polar surface area (TPSA) is 49.9 Å². The molecule has 1 unspecified atom stereocenters. The first-order chi connectivity index (χ1) is 20.3. The molecule has 0 radical (unpaired) electrons. The van der Waals surface area contributed by atoms with Crippen LogP contribution < -0.4 is 4.90 Å². The largest absolute Gasteiger partial charge is 0.444 e. The molecule has 3 atom stereocenters. The SMILES string of the molecule is C=C(C)C(C[Si](CC)(CC)CC)[C@@]12CCN(C(=O)OCc3ccccc3)[C@@H]1N(C(=O)c1ccccc1)c1ccccc12. The van der Waals surface area contributed by atoms with E-state index >= 15 is 0 Å². The molecule has 0 aliphatic carbocycles. The molecule has 2 aliphatic heterocycles. The fraction of sp³-hybridized carbons (Fsp3) is 0.389. The monoisotopic (exact) mass is 580 g/mol. The van der Waals surface area contributed by atoms with Crippen molar-refractivity contribution >= 4 is 25.8 Å². The predicted octanol–water partition coefficient (Wildman–Crippen LogP) is 8.65. The van der Waals surface area contributed by atoms with Crippen molar-refractivity contribution in [3.05, 3.63) is 114 Å². The normalized spacial score (nSPS) is 20.1. The summed E-state index contributed by atoms with van der Waals surface area (Å²) in [7, 11) is -1.62. The first-order valence-electron chi connectivity index (χ1n) is 15.4. The fourth-order valence-electron chi connectivity index (χ4n) is 7.58. The highest BCUT2D eigenvalue weighted by molar-refractivity contribution is 6.79. The third kappa shape index (κ3) is 5.10. The highest BCUT2D eigenvalue weighted by Crippen LogP contribution is 2.59. The summed E-state index contributed by atoms with van der Waals surface area (Å²) in [5, 5.41) is 0. The Morgan fingerprint density at radius 2 is 1.52 bits per heavy atom. The molecule has 0 bridgehead atoms. The van der Waals surface area contributed by atoms with Crippen LogP contribution in [-0.4, -0.2) is 37.7 Å². The van der Waals surface area contributed by atoms with Crippen molar-refractivity contribution in [2.45, 2.75) is 76.5 Å². The Hall–Kier alpha value is -3.64. The maximum atomic E-state index is 14.4. The van der Waals surface area contributed by atoms with Gasteiger partial charge in [-0.05, 0) is 54.6 Å². The highest BCUT2D eigenvalue weighted by atomic mass is 28.3. The van der Waals surface area contributed by atoms with Gasteiger partial charge in [0.1, 0.15) is 12.8 Å². The number of hydrogen-bond donors (Lipinski definition) is 0. The van der Waals surface area contributed by atoms with Crippen LogP contribution in [0.1, 0.15) is 55.6 Å². The molecule has 0 N–H and O–H groups in total. The van der Waals surface area contributed by atoms with Gasteiger partial charge < -0.3 is 4.74 Å². The Morgan fingerprint density at radius 3 is 2.14 bits per heavy atom. The summed E-state index contributed by atoms with van der Waals surface area (Å²) < 4.78 is 5.94. The number of fused-ring (bicyclic) bond motifs is 3. The van der Waals surface area contributed by atoms with Crippen molar-refractivity contribution in [2.24, 2.45) is 5.92 Å². The molecule has 0 saturated carbocycles. The van der Waals surface area contributed by atoms with Crippen LogP contribution >= 0.6 is 0 Å². The number of carbonyl (C=O) groups is 2. The van der Waals surface area contributed by atoms with Crippen LogP contribution in [0, 0.1) is 5.92 Å². The Labute approximate surface area is 252 Å². The molecule has 2 amide bonds. The van der Waals surface area contributed by atoms with Gasteiger partial charge in [0.2, 0.25) is 0 Å². The van der Waals surface area contributed by atoms with Gasteiger partial charge in [-0.15, -0.1) is 0 Å². The van der Waals surface area contributed by atoms with E-state index in [0.717, 1.165) is 34.9 Å². The number of carbonyl (C=O) groups excluding carboxylic acids is 2. The van der Waals surface area contributed by atoms with Crippen LogP contribution in [0.4, 0.5) is 10.5 Å². The maximum Gasteiger partial charge on any atom is 0.411 e. The summed E-state index contributed by atoms with van der Waals surface area (Å²) in [5.41, 5.74) is 4.26. The first kappa shape index (κ1) is 29.8. The third-order valence-corrected chi connectivity index (χ3v) is 16.0. The van der Waals surface area contributed by atoms with Gasteiger partial charge in [-0.1, -0.05) is 118 Å². The average molecular weight is 581 g/mol. The van der Waals surface area contributed by atoms with E-state index in [2.05, 4.69) is 46.4 Å². The van der Waals surface area contributed by atoms with Gasteiger partial charge in [0.05, 0.1) is 13.8 Å². The van der Waals surface area contributed by atoms with Crippen LogP contribution in [0.2, 0.25) is 24.2 Å². The summed E-state index contributed by atoms with van der Waals surface area (Å²) in [6, 6.07) is 32.2. The van der Waals surface area contributed by atoms with Gasteiger partial charge in [0, 0.05) is 17.5 Å². The molecule has 42 heavy (non-hydrogen) atoms. The number of allylic oxidation sites excluding steroid dienone is 1.